The SMILES string of the molecule is CCCCCCCCCCCCCCOc1ccc(-c2ccc(C(=O)Oc3ccc(C(=O)OC[C@@H](C)CC)cc3)cc2)cc1[N+](=O)[O-]. The molecular formula is C39H51NO7. The first-order chi connectivity index (χ1) is 22.8. The number of nitrogens with zero attached hydrogens (tertiary/aromatic N) is 1. The molecule has 0 unspecified atom stereocenters. The van der Waals surface area contributed by atoms with Gasteiger partial charge in [0.2, 0.25) is 0 Å². The summed E-state index contributed by atoms with van der Waals surface area (Å²) in [6, 6.07) is 17.8. The molecule has 0 spiro atoms. The van der Waals surface area contributed by atoms with E-state index in [0.29, 0.717) is 35.7 Å². The van der Waals surface area contributed by atoms with Gasteiger partial charge in [-0.3, -0.25) is 10.1 Å². The largest absolute Gasteiger partial charge is 0.487 e. The molecule has 0 heterocycles. The first kappa shape index (κ1) is 37.3. The van der Waals surface area contributed by atoms with Crippen molar-refractivity contribution in [3.05, 3.63) is 88.0 Å². The lowest BCUT2D eigenvalue weighted by Crippen LogP contribution is -2.12. The first-order valence-electron chi connectivity index (χ1n) is 17.3. The third kappa shape index (κ3) is 13.2. The second-order valence-electron chi connectivity index (χ2n) is 12.3. The number of hydrogen-bond acceptors (Lipinski definition) is 7. The van der Waals surface area contributed by atoms with Crippen molar-refractivity contribution in [2.24, 2.45) is 5.92 Å². The highest BCUT2D eigenvalue weighted by atomic mass is 16.6. The van der Waals surface area contributed by atoms with E-state index in [1.54, 1.807) is 60.7 Å². The Morgan fingerprint density at radius 3 is 1.81 bits per heavy atom. The van der Waals surface area contributed by atoms with E-state index in [0.717, 1.165) is 31.2 Å². The van der Waals surface area contributed by atoms with Crippen LogP contribution in [0.2, 0.25) is 0 Å². The molecular weight excluding hydrogens is 594 g/mol. The standard InChI is InChI=1S/C39H51NO7/c1-4-6-7-8-9-10-11-12-13-14-15-16-27-45-37-26-23-34(28-36(37)40(43)44)31-17-19-33(20-18-31)39(42)47-35-24-21-32(22-25-35)38(41)46-29-30(3)5-2/h17-26,28,30H,4-16,27,29H2,1-3H3/t30-/m0/s1. The van der Waals surface area contributed by atoms with Gasteiger partial charge in [-0.15, -0.1) is 0 Å². The molecule has 0 amide bonds. The predicted molar refractivity (Wildman–Crippen MR) is 186 cm³/mol. The van der Waals surface area contributed by atoms with Gasteiger partial charge in [0, 0.05) is 6.07 Å². The minimum atomic E-state index is -0.559. The second-order valence-corrected chi connectivity index (χ2v) is 12.3. The lowest BCUT2D eigenvalue weighted by molar-refractivity contribution is -0.385. The van der Waals surface area contributed by atoms with Crippen LogP contribution >= 0.6 is 0 Å². The van der Waals surface area contributed by atoms with E-state index in [-0.39, 0.29) is 17.4 Å². The van der Waals surface area contributed by atoms with Gasteiger partial charge in [-0.25, -0.2) is 9.59 Å². The van der Waals surface area contributed by atoms with E-state index < -0.39 is 16.9 Å². The number of hydrogen-bond donors (Lipinski definition) is 0. The Balaban J connectivity index is 1.45. The Morgan fingerprint density at radius 1 is 0.702 bits per heavy atom. The number of carbonyl (C=O) groups excluding carboxylic acids is 2. The average molecular weight is 646 g/mol. The van der Waals surface area contributed by atoms with Crippen molar-refractivity contribution in [2.75, 3.05) is 13.2 Å². The van der Waals surface area contributed by atoms with Crippen LogP contribution in [0.3, 0.4) is 0 Å². The Hall–Kier alpha value is -4.20. The molecule has 0 saturated carbocycles. The number of esters is 2. The van der Waals surface area contributed by atoms with Crippen LogP contribution in [-0.2, 0) is 4.74 Å². The molecule has 47 heavy (non-hydrogen) atoms. The summed E-state index contributed by atoms with van der Waals surface area (Å²) in [5.74, 6) is -0.133. The summed E-state index contributed by atoms with van der Waals surface area (Å²) in [6.07, 6.45) is 15.8. The minimum Gasteiger partial charge on any atom is -0.487 e. The van der Waals surface area contributed by atoms with Gasteiger partial charge in [0.1, 0.15) is 5.75 Å². The number of nitro benzene ring substituents is 1. The zero-order chi connectivity index (χ0) is 33.9. The highest BCUT2D eigenvalue weighted by Gasteiger charge is 2.18. The third-order valence-corrected chi connectivity index (χ3v) is 8.36. The molecule has 3 aromatic rings. The minimum absolute atomic E-state index is 0.0860. The molecule has 3 aromatic carbocycles. The number of ether oxygens (including phenoxy) is 3. The Bertz CT molecular complexity index is 1390. The number of nitro groups is 1. The number of carbonyl (C=O) groups is 2. The van der Waals surface area contributed by atoms with E-state index in [2.05, 4.69) is 6.92 Å². The van der Waals surface area contributed by atoms with Crippen molar-refractivity contribution in [3.63, 3.8) is 0 Å². The molecule has 0 radical (unpaired) electrons. The fourth-order valence-electron chi connectivity index (χ4n) is 5.13. The summed E-state index contributed by atoms with van der Waals surface area (Å²) in [5, 5.41) is 11.8. The molecule has 1 atom stereocenters. The van der Waals surface area contributed by atoms with Crippen LogP contribution in [-0.4, -0.2) is 30.1 Å². The Kier molecular flexibility index (Phi) is 16.5. The lowest BCUT2D eigenvalue weighted by atomic mass is 10.0. The zero-order valence-corrected chi connectivity index (χ0v) is 28.3. The molecule has 3 rings (SSSR count). The molecule has 0 aromatic heterocycles. The average Bonchev–Trinajstić information content (AvgIpc) is 3.09. The Labute approximate surface area is 280 Å². The molecule has 0 bridgehead atoms. The fourth-order valence-corrected chi connectivity index (χ4v) is 5.13. The van der Waals surface area contributed by atoms with Crippen molar-refractivity contribution in [1.29, 1.82) is 0 Å². The van der Waals surface area contributed by atoms with E-state index >= 15 is 0 Å². The normalized spacial score (nSPS) is 11.6. The lowest BCUT2D eigenvalue weighted by Gasteiger charge is -2.10. The summed E-state index contributed by atoms with van der Waals surface area (Å²) < 4.78 is 16.6. The number of unbranched alkanes of at least 4 members (excludes halogenated alkanes) is 11. The van der Waals surface area contributed by atoms with Gasteiger partial charge >= 0.3 is 17.6 Å². The quantitative estimate of drug-likeness (QED) is 0.0352. The van der Waals surface area contributed by atoms with Crippen molar-refractivity contribution in [1.82, 2.24) is 0 Å². The number of rotatable bonds is 22. The zero-order valence-electron chi connectivity index (χ0n) is 28.3. The van der Waals surface area contributed by atoms with E-state index in [4.69, 9.17) is 14.2 Å². The maximum absolute atomic E-state index is 12.7. The van der Waals surface area contributed by atoms with Gasteiger partial charge in [0.25, 0.3) is 0 Å². The topological polar surface area (TPSA) is 105 Å². The molecule has 0 N–H and O–H groups in total. The van der Waals surface area contributed by atoms with Gasteiger partial charge in [0.15, 0.2) is 5.75 Å². The van der Waals surface area contributed by atoms with Gasteiger partial charge in [-0.1, -0.05) is 116 Å². The summed E-state index contributed by atoms with van der Waals surface area (Å²) >= 11 is 0. The fraction of sp³-hybridized carbons (Fsp3) is 0.487. The van der Waals surface area contributed by atoms with Crippen molar-refractivity contribution < 1.29 is 28.7 Å². The summed E-state index contributed by atoms with van der Waals surface area (Å²) in [5.41, 5.74) is 1.98. The van der Waals surface area contributed by atoms with Crippen LogP contribution in [0.25, 0.3) is 11.1 Å². The van der Waals surface area contributed by atoms with Gasteiger partial charge < -0.3 is 14.2 Å². The molecule has 0 aliphatic carbocycles. The number of benzene rings is 3. The third-order valence-electron chi connectivity index (χ3n) is 8.36. The van der Waals surface area contributed by atoms with Crippen molar-refractivity contribution >= 4 is 17.6 Å². The molecule has 8 nitrogen and oxygen atoms in total. The van der Waals surface area contributed by atoms with E-state index in [1.165, 1.54) is 63.9 Å². The van der Waals surface area contributed by atoms with Crippen LogP contribution in [0, 0.1) is 16.0 Å². The monoisotopic (exact) mass is 645 g/mol. The van der Waals surface area contributed by atoms with Crippen LogP contribution in [0.5, 0.6) is 11.5 Å². The smallest absolute Gasteiger partial charge is 0.343 e. The van der Waals surface area contributed by atoms with Gasteiger partial charge in [-0.05, 0) is 65.9 Å². The molecule has 0 aliphatic heterocycles. The van der Waals surface area contributed by atoms with Crippen LogP contribution in [0.4, 0.5) is 5.69 Å². The van der Waals surface area contributed by atoms with E-state index in [1.807, 2.05) is 13.8 Å². The molecule has 0 saturated heterocycles. The van der Waals surface area contributed by atoms with Crippen LogP contribution in [0.15, 0.2) is 66.7 Å². The van der Waals surface area contributed by atoms with Crippen molar-refractivity contribution in [2.45, 2.75) is 104 Å². The summed E-state index contributed by atoms with van der Waals surface area (Å²) in [6.45, 7) is 7.09. The summed E-state index contributed by atoms with van der Waals surface area (Å²) in [4.78, 5) is 36.3. The highest BCUT2D eigenvalue weighted by Crippen LogP contribution is 2.33. The maximum atomic E-state index is 12.7. The molecule has 254 valence electrons. The molecule has 8 heteroatoms. The Morgan fingerprint density at radius 2 is 1.23 bits per heavy atom. The predicted octanol–water partition coefficient (Wildman–Crippen LogP) is 10.8. The summed E-state index contributed by atoms with van der Waals surface area (Å²) in [7, 11) is 0. The second kappa shape index (κ2) is 20.8. The molecule has 0 aliphatic rings. The van der Waals surface area contributed by atoms with Crippen LogP contribution < -0.4 is 9.47 Å². The van der Waals surface area contributed by atoms with Gasteiger partial charge in [-0.2, -0.15) is 0 Å². The van der Waals surface area contributed by atoms with Gasteiger partial charge in [0.05, 0.1) is 29.3 Å². The van der Waals surface area contributed by atoms with E-state index in [9.17, 15) is 19.7 Å². The van der Waals surface area contributed by atoms with Crippen molar-refractivity contribution in [3.8, 4) is 22.6 Å². The highest BCUT2D eigenvalue weighted by molar-refractivity contribution is 5.92. The maximum Gasteiger partial charge on any atom is 0.343 e. The first-order valence-corrected chi connectivity index (χ1v) is 17.3. The molecule has 0 fully saturated rings. The van der Waals surface area contributed by atoms with Crippen LogP contribution in [0.1, 0.15) is 125 Å².